The second-order valence-electron chi connectivity index (χ2n) is 9.60. The number of nitrogens with zero attached hydrogens (tertiary/aromatic N) is 2. The predicted molar refractivity (Wildman–Crippen MR) is 153 cm³/mol. The number of hydrogen-bond acceptors (Lipinski definition) is 5. The number of hydrazine groups is 1. The molecule has 40 heavy (non-hydrogen) atoms. The van der Waals surface area contributed by atoms with Gasteiger partial charge in [-0.25, -0.2) is 9.40 Å². The molecule has 3 heterocycles. The fourth-order valence-electron chi connectivity index (χ4n) is 5.01. The van der Waals surface area contributed by atoms with E-state index >= 15 is 0 Å². The number of thiophene rings is 1. The van der Waals surface area contributed by atoms with E-state index in [0.29, 0.717) is 35.8 Å². The van der Waals surface area contributed by atoms with Crippen molar-refractivity contribution in [2.45, 2.75) is 19.0 Å². The molecule has 6 rings (SSSR count). The Balaban J connectivity index is 1.17. The summed E-state index contributed by atoms with van der Waals surface area (Å²) in [6.45, 7) is 0.802. The van der Waals surface area contributed by atoms with Crippen LogP contribution in [0.15, 0.2) is 90.3 Å². The summed E-state index contributed by atoms with van der Waals surface area (Å²) in [4.78, 5) is 29.5. The maximum atomic E-state index is 13.6. The van der Waals surface area contributed by atoms with Crippen molar-refractivity contribution in [1.82, 2.24) is 15.3 Å². The largest absolute Gasteiger partial charge is 0.483 e. The molecule has 3 aromatic carbocycles. The van der Waals surface area contributed by atoms with E-state index in [-0.39, 0.29) is 24.2 Å². The lowest BCUT2D eigenvalue weighted by molar-refractivity contribution is -0.136. The van der Waals surface area contributed by atoms with E-state index in [9.17, 15) is 14.0 Å². The molecule has 0 aliphatic carbocycles. The molecule has 0 saturated heterocycles. The topological polar surface area (TPSA) is 61.9 Å². The van der Waals surface area contributed by atoms with Crippen LogP contribution in [0.2, 0.25) is 5.02 Å². The molecular formula is C31H25ClFN3O3S. The molecule has 2 aliphatic heterocycles. The SMILES string of the molecule is O=C1c2cccc(OCC(=O)N3NC(c4cccs4)=C[C@@H]3c3ccc(F)cc3)c2CCN1Cc1ccc(Cl)cc1. The van der Waals surface area contributed by atoms with Gasteiger partial charge in [0.05, 0.1) is 16.6 Å². The maximum Gasteiger partial charge on any atom is 0.279 e. The van der Waals surface area contributed by atoms with E-state index in [1.54, 1.807) is 46.6 Å². The third kappa shape index (κ3) is 5.33. The second kappa shape index (κ2) is 11.2. The van der Waals surface area contributed by atoms with Gasteiger partial charge in [-0.15, -0.1) is 11.3 Å². The summed E-state index contributed by atoms with van der Waals surface area (Å²) in [6, 6.07) is 22.4. The molecular weight excluding hydrogens is 549 g/mol. The molecule has 0 unspecified atom stereocenters. The average molecular weight is 574 g/mol. The smallest absolute Gasteiger partial charge is 0.279 e. The van der Waals surface area contributed by atoms with Gasteiger partial charge >= 0.3 is 0 Å². The maximum absolute atomic E-state index is 13.6. The van der Waals surface area contributed by atoms with Crippen molar-refractivity contribution in [3.05, 3.63) is 128 Å². The highest BCUT2D eigenvalue weighted by molar-refractivity contribution is 7.11. The Hall–Kier alpha value is -4.14. The van der Waals surface area contributed by atoms with Gasteiger partial charge in [-0.2, -0.15) is 0 Å². The van der Waals surface area contributed by atoms with Gasteiger partial charge in [-0.1, -0.05) is 48.0 Å². The van der Waals surface area contributed by atoms with Crippen LogP contribution in [0.4, 0.5) is 4.39 Å². The van der Waals surface area contributed by atoms with Crippen molar-refractivity contribution in [1.29, 1.82) is 0 Å². The monoisotopic (exact) mass is 573 g/mol. The Morgan fingerprint density at radius 1 is 1.05 bits per heavy atom. The van der Waals surface area contributed by atoms with Crippen LogP contribution < -0.4 is 10.2 Å². The molecule has 0 saturated carbocycles. The van der Waals surface area contributed by atoms with Gasteiger partial charge in [-0.3, -0.25) is 15.0 Å². The Morgan fingerprint density at radius 2 is 1.85 bits per heavy atom. The molecule has 1 aromatic heterocycles. The lowest BCUT2D eigenvalue weighted by atomic mass is 9.97. The number of halogens is 2. The standard InChI is InChI=1S/C31H25ClFN3O3S/c32-22-10-6-20(7-11-22)18-35-15-14-24-25(31(35)38)3-1-4-28(24)39-19-30(37)36-27(21-8-12-23(33)13-9-21)17-26(34-36)29-5-2-16-40-29/h1-13,16-17,27,34H,14-15,18-19H2/t27-/m1/s1. The number of carbonyl (C=O) groups excluding carboxylic acids is 2. The zero-order valence-corrected chi connectivity index (χ0v) is 22.9. The highest BCUT2D eigenvalue weighted by Gasteiger charge is 2.32. The molecule has 2 aliphatic rings. The van der Waals surface area contributed by atoms with Crippen molar-refractivity contribution < 1.29 is 18.7 Å². The number of rotatable bonds is 7. The zero-order valence-electron chi connectivity index (χ0n) is 21.3. The average Bonchev–Trinajstić information content (AvgIpc) is 3.66. The van der Waals surface area contributed by atoms with Gasteiger partial charge in [0.1, 0.15) is 11.6 Å². The lowest BCUT2D eigenvalue weighted by Crippen LogP contribution is -2.42. The molecule has 0 bridgehead atoms. The summed E-state index contributed by atoms with van der Waals surface area (Å²) in [7, 11) is 0. The molecule has 4 aromatic rings. The Labute approximate surface area is 240 Å². The Bertz CT molecular complexity index is 1570. The summed E-state index contributed by atoms with van der Waals surface area (Å²) in [5.41, 5.74) is 7.17. The number of amides is 2. The van der Waals surface area contributed by atoms with Gasteiger partial charge in [-0.05, 0) is 71.5 Å². The van der Waals surface area contributed by atoms with Gasteiger partial charge < -0.3 is 9.64 Å². The first-order valence-corrected chi connectivity index (χ1v) is 14.1. The minimum atomic E-state index is -0.429. The minimum absolute atomic E-state index is 0.0738. The van der Waals surface area contributed by atoms with Gasteiger partial charge in [0.15, 0.2) is 6.61 Å². The summed E-state index contributed by atoms with van der Waals surface area (Å²) in [6.07, 6.45) is 2.57. The van der Waals surface area contributed by atoms with Crippen molar-refractivity contribution >= 4 is 40.4 Å². The van der Waals surface area contributed by atoms with Crippen LogP contribution in [0.5, 0.6) is 5.75 Å². The van der Waals surface area contributed by atoms with E-state index in [4.69, 9.17) is 16.3 Å². The number of ether oxygens (including phenoxy) is 1. The quantitative estimate of drug-likeness (QED) is 0.284. The van der Waals surface area contributed by atoms with Crippen LogP contribution in [0.25, 0.3) is 5.70 Å². The summed E-state index contributed by atoms with van der Waals surface area (Å²) >= 11 is 7.55. The summed E-state index contributed by atoms with van der Waals surface area (Å²) in [5, 5.41) is 4.13. The van der Waals surface area contributed by atoms with Gasteiger partial charge in [0.25, 0.3) is 11.8 Å². The minimum Gasteiger partial charge on any atom is -0.483 e. The van der Waals surface area contributed by atoms with Crippen LogP contribution in [0, 0.1) is 5.82 Å². The molecule has 9 heteroatoms. The highest BCUT2D eigenvalue weighted by Crippen LogP contribution is 2.34. The number of carbonyl (C=O) groups is 2. The van der Waals surface area contributed by atoms with Crippen molar-refractivity contribution in [3.63, 3.8) is 0 Å². The number of hydrogen-bond donors (Lipinski definition) is 1. The van der Waals surface area contributed by atoms with E-state index in [1.807, 2.05) is 47.9 Å². The molecule has 6 nitrogen and oxygen atoms in total. The lowest BCUT2D eigenvalue weighted by Gasteiger charge is -2.30. The van der Waals surface area contributed by atoms with E-state index in [1.165, 1.54) is 17.1 Å². The first-order chi connectivity index (χ1) is 19.5. The second-order valence-corrected chi connectivity index (χ2v) is 11.0. The highest BCUT2D eigenvalue weighted by atomic mass is 35.5. The molecule has 0 radical (unpaired) electrons. The zero-order chi connectivity index (χ0) is 27.6. The molecule has 1 N–H and O–H groups in total. The molecule has 2 amide bonds. The van der Waals surface area contributed by atoms with Crippen molar-refractivity contribution in [2.24, 2.45) is 0 Å². The third-order valence-electron chi connectivity index (χ3n) is 7.03. The molecule has 0 spiro atoms. The van der Waals surface area contributed by atoms with Crippen LogP contribution in [0.3, 0.4) is 0 Å². The van der Waals surface area contributed by atoms with E-state index in [0.717, 1.165) is 27.3 Å². The van der Waals surface area contributed by atoms with Crippen molar-refractivity contribution in [3.8, 4) is 5.75 Å². The summed E-state index contributed by atoms with van der Waals surface area (Å²) < 4.78 is 19.6. The Kier molecular flexibility index (Phi) is 7.28. The predicted octanol–water partition coefficient (Wildman–Crippen LogP) is 6.25. The fourth-order valence-corrected chi connectivity index (χ4v) is 5.84. The van der Waals surface area contributed by atoms with Crippen LogP contribution in [-0.2, 0) is 17.8 Å². The molecule has 0 fully saturated rings. The third-order valence-corrected chi connectivity index (χ3v) is 8.19. The Morgan fingerprint density at radius 3 is 2.60 bits per heavy atom. The van der Waals surface area contributed by atoms with Gasteiger partial charge in [0.2, 0.25) is 0 Å². The van der Waals surface area contributed by atoms with Crippen LogP contribution in [0.1, 0.15) is 38.0 Å². The molecule has 1 atom stereocenters. The van der Waals surface area contributed by atoms with E-state index < -0.39 is 6.04 Å². The summed E-state index contributed by atoms with van der Waals surface area (Å²) in [5.74, 6) is -0.181. The fraction of sp³-hybridized carbons (Fsp3) is 0.161. The van der Waals surface area contributed by atoms with Crippen LogP contribution >= 0.6 is 22.9 Å². The van der Waals surface area contributed by atoms with E-state index in [2.05, 4.69) is 5.43 Å². The number of nitrogens with one attached hydrogen (secondary N) is 1. The molecule has 202 valence electrons. The number of fused-ring (bicyclic) bond motifs is 1. The first-order valence-electron chi connectivity index (χ1n) is 12.8. The van der Waals surface area contributed by atoms with Crippen molar-refractivity contribution in [2.75, 3.05) is 13.2 Å². The number of benzene rings is 3. The van der Waals surface area contributed by atoms with Crippen LogP contribution in [-0.4, -0.2) is 34.9 Å². The normalized spacial score (nSPS) is 16.4. The first kappa shape index (κ1) is 26.1. The van der Waals surface area contributed by atoms with Gasteiger partial charge in [0, 0.05) is 29.2 Å².